The number of piperidine rings is 1. The average molecular weight is 386 g/mol. The molecule has 0 unspecified atom stereocenters. The Labute approximate surface area is 166 Å². The second-order valence-electron chi connectivity index (χ2n) is 8.68. The number of amides is 3. The molecule has 1 aliphatic heterocycles. The summed E-state index contributed by atoms with van der Waals surface area (Å²) in [5.74, 6) is -0.0426. The molecule has 1 aliphatic carbocycles. The van der Waals surface area contributed by atoms with Gasteiger partial charge in [-0.05, 0) is 48.8 Å². The number of methoxy groups -OCH3 is 1. The predicted octanol–water partition coefficient (Wildman–Crippen LogP) is 2.56. The molecular formula is C22H30N2O4. The molecule has 0 spiro atoms. The molecule has 1 heterocycles. The van der Waals surface area contributed by atoms with Crippen LogP contribution in [0.15, 0.2) is 24.3 Å². The zero-order chi connectivity index (χ0) is 20.5. The minimum Gasteiger partial charge on any atom is -0.497 e. The first kappa shape index (κ1) is 20.4. The van der Waals surface area contributed by atoms with Gasteiger partial charge in [-0.3, -0.25) is 19.3 Å². The van der Waals surface area contributed by atoms with E-state index in [0.717, 1.165) is 18.6 Å². The molecule has 2 fully saturated rings. The van der Waals surface area contributed by atoms with E-state index in [2.05, 4.69) is 5.32 Å². The number of carbonyl (C=O) groups is 3. The summed E-state index contributed by atoms with van der Waals surface area (Å²) < 4.78 is 5.14. The highest BCUT2D eigenvalue weighted by atomic mass is 16.5. The van der Waals surface area contributed by atoms with E-state index in [-0.39, 0.29) is 35.6 Å². The first-order chi connectivity index (χ1) is 13.2. The molecule has 6 nitrogen and oxygen atoms in total. The van der Waals surface area contributed by atoms with Crippen molar-refractivity contribution < 1.29 is 19.1 Å². The molecule has 0 radical (unpaired) electrons. The van der Waals surface area contributed by atoms with Crippen LogP contribution in [0.3, 0.4) is 0 Å². The van der Waals surface area contributed by atoms with Crippen molar-refractivity contribution in [2.45, 2.75) is 46.5 Å². The van der Waals surface area contributed by atoms with Gasteiger partial charge in [-0.25, -0.2) is 0 Å². The summed E-state index contributed by atoms with van der Waals surface area (Å²) in [5.41, 5.74) is 0.246. The summed E-state index contributed by atoms with van der Waals surface area (Å²) in [6, 6.07) is 7.84. The lowest BCUT2D eigenvalue weighted by atomic mass is 9.62. The average Bonchev–Trinajstić information content (AvgIpc) is 2.87. The van der Waals surface area contributed by atoms with Crippen molar-refractivity contribution in [2.75, 3.05) is 20.2 Å². The van der Waals surface area contributed by atoms with Gasteiger partial charge in [-0.1, -0.05) is 32.9 Å². The van der Waals surface area contributed by atoms with Crippen LogP contribution in [0.4, 0.5) is 0 Å². The second kappa shape index (κ2) is 7.57. The SMILES string of the molecule is COc1ccc(CCCNC(=O)CN2C(=O)[C@H]3CC[C@](C)(C2=O)C3(C)C)cc1. The van der Waals surface area contributed by atoms with Gasteiger partial charge in [-0.15, -0.1) is 0 Å². The minimum atomic E-state index is -0.569. The first-order valence-corrected chi connectivity index (χ1v) is 9.96. The first-order valence-electron chi connectivity index (χ1n) is 9.96. The fourth-order valence-corrected chi connectivity index (χ4v) is 4.56. The van der Waals surface area contributed by atoms with E-state index < -0.39 is 5.41 Å². The number of hydrogen-bond donors (Lipinski definition) is 1. The number of rotatable bonds is 7. The lowest BCUT2D eigenvalue weighted by Crippen LogP contribution is -2.60. The Morgan fingerprint density at radius 3 is 2.54 bits per heavy atom. The Hall–Kier alpha value is -2.37. The van der Waals surface area contributed by atoms with Crippen LogP contribution >= 0.6 is 0 Å². The van der Waals surface area contributed by atoms with E-state index >= 15 is 0 Å². The molecule has 3 rings (SSSR count). The Morgan fingerprint density at radius 2 is 1.89 bits per heavy atom. The number of aryl methyl sites for hydroxylation is 1. The topological polar surface area (TPSA) is 75.7 Å². The smallest absolute Gasteiger partial charge is 0.240 e. The number of ether oxygens (including phenoxy) is 1. The van der Waals surface area contributed by atoms with Crippen LogP contribution in [0.1, 0.15) is 45.6 Å². The molecule has 28 heavy (non-hydrogen) atoms. The largest absolute Gasteiger partial charge is 0.497 e. The van der Waals surface area contributed by atoms with E-state index in [9.17, 15) is 14.4 Å². The molecule has 1 aromatic rings. The quantitative estimate of drug-likeness (QED) is 0.577. The third-order valence-corrected chi connectivity index (χ3v) is 6.93. The summed E-state index contributed by atoms with van der Waals surface area (Å²) in [6.45, 7) is 6.26. The molecule has 0 aromatic heterocycles. The summed E-state index contributed by atoms with van der Waals surface area (Å²) in [7, 11) is 1.63. The van der Waals surface area contributed by atoms with Gasteiger partial charge < -0.3 is 10.1 Å². The number of hydrogen-bond acceptors (Lipinski definition) is 4. The van der Waals surface area contributed by atoms with E-state index in [1.165, 1.54) is 10.5 Å². The Morgan fingerprint density at radius 1 is 1.21 bits per heavy atom. The fraction of sp³-hybridized carbons (Fsp3) is 0.591. The van der Waals surface area contributed by atoms with Crippen molar-refractivity contribution in [3.63, 3.8) is 0 Å². The van der Waals surface area contributed by atoms with Crippen LogP contribution in [0.25, 0.3) is 0 Å². The van der Waals surface area contributed by atoms with E-state index in [1.54, 1.807) is 7.11 Å². The van der Waals surface area contributed by atoms with Gasteiger partial charge in [0.15, 0.2) is 0 Å². The summed E-state index contributed by atoms with van der Waals surface area (Å²) >= 11 is 0. The highest BCUT2D eigenvalue weighted by Crippen LogP contribution is 2.59. The molecular weight excluding hydrogens is 356 g/mol. The van der Waals surface area contributed by atoms with Crippen LogP contribution in [-0.2, 0) is 20.8 Å². The van der Waals surface area contributed by atoms with E-state index in [1.807, 2.05) is 45.0 Å². The second-order valence-corrected chi connectivity index (χ2v) is 8.68. The molecule has 2 atom stereocenters. The monoisotopic (exact) mass is 386 g/mol. The third-order valence-electron chi connectivity index (χ3n) is 6.93. The molecule has 1 aromatic carbocycles. The van der Waals surface area contributed by atoms with Crippen LogP contribution in [0.5, 0.6) is 5.75 Å². The maximum Gasteiger partial charge on any atom is 0.240 e. The molecule has 2 bridgehead atoms. The number of benzene rings is 1. The van der Waals surface area contributed by atoms with Gasteiger partial charge in [-0.2, -0.15) is 0 Å². The standard InChI is InChI=1S/C22H30N2O4/c1-21(2)17-11-12-22(21,3)20(27)24(19(17)26)14-18(25)23-13-5-6-15-7-9-16(28-4)10-8-15/h7-10,17H,5-6,11-14H2,1-4H3,(H,23,25)/t17-,22-/m1/s1. The number of likely N-dealkylation sites (tertiary alicyclic amines) is 1. The maximum absolute atomic E-state index is 12.9. The van der Waals surface area contributed by atoms with Gasteiger partial charge in [0.1, 0.15) is 12.3 Å². The van der Waals surface area contributed by atoms with Gasteiger partial charge in [0.25, 0.3) is 0 Å². The number of imide groups is 1. The van der Waals surface area contributed by atoms with Crippen molar-refractivity contribution in [2.24, 2.45) is 16.7 Å². The van der Waals surface area contributed by atoms with Crippen molar-refractivity contribution in [3.05, 3.63) is 29.8 Å². The molecule has 1 saturated heterocycles. The lowest BCUT2D eigenvalue weighted by molar-refractivity contribution is -0.169. The Bertz CT molecular complexity index is 771. The molecule has 3 amide bonds. The Kier molecular flexibility index (Phi) is 5.50. The highest BCUT2D eigenvalue weighted by molar-refractivity contribution is 6.06. The van der Waals surface area contributed by atoms with Crippen LogP contribution in [0.2, 0.25) is 0 Å². The number of nitrogens with zero attached hydrogens (tertiary/aromatic N) is 1. The molecule has 152 valence electrons. The third kappa shape index (κ3) is 3.40. The van der Waals surface area contributed by atoms with Crippen molar-refractivity contribution in [1.82, 2.24) is 10.2 Å². The van der Waals surface area contributed by atoms with Crippen LogP contribution in [-0.4, -0.2) is 42.8 Å². The number of fused-ring (bicyclic) bond motifs is 2. The molecule has 1 N–H and O–H groups in total. The van der Waals surface area contributed by atoms with E-state index in [0.29, 0.717) is 19.4 Å². The Balaban J connectivity index is 1.49. The van der Waals surface area contributed by atoms with Crippen LogP contribution in [0, 0.1) is 16.7 Å². The summed E-state index contributed by atoms with van der Waals surface area (Å²) in [6.07, 6.45) is 3.04. The zero-order valence-corrected chi connectivity index (χ0v) is 17.2. The predicted molar refractivity (Wildman–Crippen MR) is 106 cm³/mol. The number of carbonyl (C=O) groups excluding carboxylic acids is 3. The van der Waals surface area contributed by atoms with Gasteiger partial charge in [0.05, 0.1) is 12.5 Å². The maximum atomic E-state index is 12.9. The van der Waals surface area contributed by atoms with Crippen molar-refractivity contribution >= 4 is 17.7 Å². The van der Waals surface area contributed by atoms with Crippen LogP contribution < -0.4 is 10.1 Å². The highest BCUT2D eigenvalue weighted by Gasteiger charge is 2.64. The molecule has 2 aliphatic rings. The van der Waals surface area contributed by atoms with E-state index in [4.69, 9.17) is 4.74 Å². The summed E-state index contributed by atoms with van der Waals surface area (Å²) in [4.78, 5) is 39.2. The lowest BCUT2D eigenvalue weighted by Gasteiger charge is -2.47. The zero-order valence-electron chi connectivity index (χ0n) is 17.2. The van der Waals surface area contributed by atoms with Crippen molar-refractivity contribution in [3.8, 4) is 5.75 Å². The molecule has 6 heteroatoms. The van der Waals surface area contributed by atoms with Gasteiger partial charge >= 0.3 is 0 Å². The normalized spacial score (nSPS) is 25.7. The number of nitrogens with one attached hydrogen (secondary N) is 1. The molecule has 1 saturated carbocycles. The fourth-order valence-electron chi connectivity index (χ4n) is 4.56. The van der Waals surface area contributed by atoms with Crippen molar-refractivity contribution in [1.29, 1.82) is 0 Å². The van der Waals surface area contributed by atoms with Gasteiger partial charge in [0, 0.05) is 12.5 Å². The van der Waals surface area contributed by atoms with Gasteiger partial charge in [0.2, 0.25) is 17.7 Å². The summed E-state index contributed by atoms with van der Waals surface area (Å²) in [5, 5.41) is 2.84. The minimum absolute atomic E-state index is 0.178.